The average Bonchev–Trinajstić information content (AvgIpc) is 2.06. The molecule has 0 saturated heterocycles. The SMILES string of the molecule is N#CCCO[AsH](=O)OCCC#N. The Bertz CT molecular complexity index is 196. The Labute approximate surface area is 75.7 Å². The Kier molecular flexibility index (Phi) is 7.84. The van der Waals surface area contributed by atoms with Crippen LogP contribution in [-0.4, -0.2) is 28.5 Å². The van der Waals surface area contributed by atoms with E-state index < -0.39 is 15.3 Å². The van der Waals surface area contributed by atoms with Gasteiger partial charge in [-0.25, -0.2) is 0 Å². The quantitative estimate of drug-likeness (QED) is 0.475. The van der Waals surface area contributed by atoms with Gasteiger partial charge >= 0.3 is 75.2 Å². The van der Waals surface area contributed by atoms with Crippen molar-refractivity contribution in [2.45, 2.75) is 12.8 Å². The van der Waals surface area contributed by atoms with E-state index in [0.29, 0.717) is 0 Å². The van der Waals surface area contributed by atoms with Crippen LogP contribution in [-0.2, 0) is 11.2 Å². The predicted octanol–water partition coefficient (Wildman–Crippen LogP) is -0.00534. The molecule has 0 rings (SSSR count). The van der Waals surface area contributed by atoms with Crippen LogP contribution >= 0.6 is 0 Å². The number of rotatable bonds is 6. The Balaban J connectivity index is 3.24. The fourth-order valence-electron chi connectivity index (χ4n) is 0.402. The second-order valence-corrected chi connectivity index (χ2v) is 4.02. The van der Waals surface area contributed by atoms with Crippen molar-refractivity contribution in [3.63, 3.8) is 0 Å². The standard InChI is InChI=1S/C6H9AsN2O3/c8-3-1-5-11-7(10)12-6-2-4-9/h7H,1-2,5-6H2. The summed E-state index contributed by atoms with van der Waals surface area (Å²) in [5.41, 5.74) is 0. The fourth-order valence-corrected chi connectivity index (χ4v) is 1.70. The summed E-state index contributed by atoms with van der Waals surface area (Å²) in [4.78, 5) is 0. The van der Waals surface area contributed by atoms with Crippen LogP contribution in [0.15, 0.2) is 0 Å². The first-order valence-corrected chi connectivity index (χ1v) is 5.91. The van der Waals surface area contributed by atoms with E-state index in [1.54, 1.807) is 0 Å². The fraction of sp³-hybridized carbons (Fsp3) is 0.667. The molecule has 0 atom stereocenters. The second-order valence-electron chi connectivity index (χ2n) is 1.76. The Morgan fingerprint density at radius 1 is 1.08 bits per heavy atom. The van der Waals surface area contributed by atoms with Gasteiger partial charge in [-0.15, -0.1) is 0 Å². The zero-order valence-corrected chi connectivity index (χ0v) is 8.55. The van der Waals surface area contributed by atoms with Gasteiger partial charge in [0.05, 0.1) is 0 Å². The van der Waals surface area contributed by atoms with Crippen LogP contribution in [0.25, 0.3) is 0 Å². The first-order valence-electron chi connectivity index (χ1n) is 3.34. The van der Waals surface area contributed by atoms with Crippen LogP contribution < -0.4 is 0 Å². The molecule has 0 unspecified atom stereocenters. The Morgan fingerprint density at radius 2 is 1.50 bits per heavy atom. The van der Waals surface area contributed by atoms with Gasteiger partial charge in [-0.2, -0.15) is 0 Å². The summed E-state index contributed by atoms with van der Waals surface area (Å²) in [6.45, 7) is 0.282. The van der Waals surface area contributed by atoms with Crippen molar-refractivity contribution in [3.05, 3.63) is 0 Å². The molecule has 0 saturated carbocycles. The summed E-state index contributed by atoms with van der Waals surface area (Å²) in [6, 6.07) is 3.69. The van der Waals surface area contributed by atoms with E-state index in [0.717, 1.165) is 0 Å². The summed E-state index contributed by atoms with van der Waals surface area (Å²) in [5, 5.41) is 16.2. The zero-order chi connectivity index (χ0) is 9.23. The van der Waals surface area contributed by atoms with Gasteiger partial charge in [0.25, 0.3) is 0 Å². The van der Waals surface area contributed by atoms with Gasteiger partial charge in [0, 0.05) is 0 Å². The molecule has 5 nitrogen and oxygen atoms in total. The molecule has 12 heavy (non-hydrogen) atoms. The molecule has 0 aromatic carbocycles. The van der Waals surface area contributed by atoms with E-state index in [4.69, 9.17) is 10.5 Å². The zero-order valence-electron chi connectivity index (χ0n) is 6.45. The van der Waals surface area contributed by atoms with Gasteiger partial charge in [0.15, 0.2) is 0 Å². The number of nitrogens with zero attached hydrogens (tertiary/aromatic N) is 2. The van der Waals surface area contributed by atoms with Crippen LogP contribution in [0.4, 0.5) is 0 Å². The van der Waals surface area contributed by atoms with Crippen LogP contribution in [0, 0.1) is 22.7 Å². The van der Waals surface area contributed by atoms with Crippen molar-refractivity contribution in [3.8, 4) is 12.1 Å². The van der Waals surface area contributed by atoms with Crippen molar-refractivity contribution in [1.29, 1.82) is 10.5 Å². The first-order chi connectivity index (χ1) is 5.81. The van der Waals surface area contributed by atoms with Crippen LogP contribution in [0.1, 0.15) is 12.8 Å². The van der Waals surface area contributed by atoms with Gasteiger partial charge in [0.1, 0.15) is 0 Å². The number of hydrogen-bond acceptors (Lipinski definition) is 5. The topological polar surface area (TPSA) is 83.1 Å². The van der Waals surface area contributed by atoms with Crippen molar-refractivity contribution in [2.24, 2.45) is 0 Å². The molecule has 0 N–H and O–H groups in total. The second kappa shape index (κ2) is 8.36. The molecule has 0 radical (unpaired) electrons. The minimum absolute atomic E-state index is 0.141. The van der Waals surface area contributed by atoms with E-state index >= 15 is 0 Å². The van der Waals surface area contributed by atoms with Crippen LogP contribution in [0.3, 0.4) is 0 Å². The molecule has 0 aliphatic heterocycles. The third kappa shape index (κ3) is 7.37. The molecule has 0 fully saturated rings. The van der Waals surface area contributed by atoms with Crippen molar-refractivity contribution >= 4 is 15.3 Å². The molecule has 66 valence electrons. The first kappa shape index (κ1) is 11.3. The van der Waals surface area contributed by atoms with Crippen molar-refractivity contribution in [1.82, 2.24) is 0 Å². The van der Waals surface area contributed by atoms with Crippen LogP contribution in [0.2, 0.25) is 0 Å². The van der Waals surface area contributed by atoms with Crippen LogP contribution in [0.5, 0.6) is 0 Å². The summed E-state index contributed by atoms with van der Waals surface area (Å²) in [6.07, 6.45) is 0.417. The molecule has 0 heterocycles. The van der Waals surface area contributed by atoms with E-state index in [-0.39, 0.29) is 26.1 Å². The maximum atomic E-state index is 10.8. The summed E-state index contributed by atoms with van der Waals surface area (Å²) in [7, 11) is 0. The predicted molar refractivity (Wildman–Crippen MR) is 40.2 cm³/mol. The van der Waals surface area contributed by atoms with Crippen molar-refractivity contribution < 1.29 is 11.2 Å². The molecular weight excluding hydrogens is 223 g/mol. The average molecular weight is 232 g/mol. The molecule has 0 bridgehead atoms. The Morgan fingerprint density at radius 3 is 1.83 bits per heavy atom. The van der Waals surface area contributed by atoms with Gasteiger partial charge in [-0.3, -0.25) is 0 Å². The summed E-state index contributed by atoms with van der Waals surface area (Å²) in [5.74, 6) is 0. The van der Waals surface area contributed by atoms with Crippen molar-refractivity contribution in [2.75, 3.05) is 13.2 Å². The monoisotopic (exact) mass is 232 g/mol. The third-order valence-electron chi connectivity index (χ3n) is 0.868. The van der Waals surface area contributed by atoms with Gasteiger partial charge < -0.3 is 0 Å². The normalized spacial score (nSPS) is 9.25. The van der Waals surface area contributed by atoms with E-state index in [1.807, 2.05) is 12.1 Å². The van der Waals surface area contributed by atoms with Gasteiger partial charge in [0.2, 0.25) is 0 Å². The summed E-state index contributed by atoms with van der Waals surface area (Å²) < 4.78 is 20.2. The molecule has 0 amide bonds. The molecule has 0 aromatic rings. The molecule has 6 heteroatoms. The Hall–Kier alpha value is -0.742. The van der Waals surface area contributed by atoms with E-state index in [2.05, 4.69) is 7.45 Å². The number of hydrogen-bond donors (Lipinski definition) is 0. The number of nitriles is 2. The summed E-state index contributed by atoms with van der Waals surface area (Å²) >= 11 is -3.07. The molecular formula is C6H9AsN2O3. The van der Waals surface area contributed by atoms with E-state index in [9.17, 15) is 3.74 Å². The van der Waals surface area contributed by atoms with Gasteiger partial charge in [-0.1, -0.05) is 0 Å². The molecule has 0 aromatic heterocycles. The maximum absolute atomic E-state index is 10.8. The van der Waals surface area contributed by atoms with Gasteiger partial charge in [-0.05, 0) is 0 Å². The molecule has 0 aliphatic rings. The third-order valence-corrected chi connectivity index (χ3v) is 2.71. The minimum atomic E-state index is -3.07. The molecule has 0 aliphatic carbocycles. The molecule has 0 spiro atoms. The van der Waals surface area contributed by atoms with E-state index in [1.165, 1.54) is 0 Å².